The molecule has 23 heavy (non-hydrogen) atoms. The average Bonchev–Trinajstić information content (AvgIpc) is 3.13. The van der Waals surface area contributed by atoms with Crippen molar-refractivity contribution < 1.29 is 14.3 Å². The van der Waals surface area contributed by atoms with Gasteiger partial charge in [-0.2, -0.15) is 0 Å². The highest BCUT2D eigenvalue weighted by atomic mass is 35.5. The molecule has 0 aliphatic carbocycles. The van der Waals surface area contributed by atoms with Crippen LogP contribution in [0.15, 0.2) is 34.1 Å². The van der Waals surface area contributed by atoms with E-state index in [2.05, 4.69) is 15.0 Å². The van der Waals surface area contributed by atoms with Crippen molar-refractivity contribution in [3.05, 3.63) is 34.6 Å². The normalized spacial score (nSPS) is 10.9. The fraction of sp³-hybridized carbons (Fsp3) is 0.143. The first kappa shape index (κ1) is 16.0. The van der Waals surface area contributed by atoms with Crippen LogP contribution in [0.1, 0.15) is 5.69 Å². The number of carboxylic acids is 1. The third kappa shape index (κ3) is 3.54. The number of thiophene rings is 1. The number of rotatable bonds is 5. The van der Waals surface area contributed by atoms with Crippen LogP contribution >= 0.6 is 34.7 Å². The molecule has 0 saturated heterocycles. The van der Waals surface area contributed by atoms with Gasteiger partial charge in [-0.15, -0.1) is 11.3 Å². The van der Waals surface area contributed by atoms with Crippen LogP contribution in [-0.2, 0) is 11.2 Å². The number of aromatic nitrogens is 3. The van der Waals surface area contributed by atoms with Crippen molar-refractivity contribution in [3.63, 3.8) is 0 Å². The van der Waals surface area contributed by atoms with E-state index in [0.717, 1.165) is 4.88 Å². The highest BCUT2D eigenvalue weighted by Crippen LogP contribution is 2.36. The Morgan fingerprint density at radius 1 is 1.39 bits per heavy atom. The molecule has 0 unspecified atom stereocenters. The number of nitrogens with zero attached hydrogens (tertiary/aromatic N) is 3. The van der Waals surface area contributed by atoms with Gasteiger partial charge in [0.1, 0.15) is 0 Å². The summed E-state index contributed by atoms with van der Waals surface area (Å²) >= 11 is 8.67. The predicted octanol–water partition coefficient (Wildman–Crippen LogP) is 3.86. The molecule has 6 nitrogen and oxygen atoms in total. The Labute approximate surface area is 144 Å². The summed E-state index contributed by atoms with van der Waals surface area (Å²) < 4.78 is 6.35. The molecule has 0 fully saturated rings. The Morgan fingerprint density at radius 3 is 2.70 bits per heavy atom. The lowest BCUT2D eigenvalue weighted by Gasteiger charge is -1.96. The van der Waals surface area contributed by atoms with Gasteiger partial charge in [0, 0.05) is 12.4 Å². The summed E-state index contributed by atoms with van der Waals surface area (Å²) in [6, 6.07) is 3.50. The van der Waals surface area contributed by atoms with E-state index in [1.54, 1.807) is 24.5 Å². The smallest absolute Gasteiger partial charge is 0.309 e. The second-order valence-electron chi connectivity index (χ2n) is 4.43. The van der Waals surface area contributed by atoms with E-state index in [1.165, 1.54) is 23.1 Å². The maximum Gasteiger partial charge on any atom is 0.309 e. The summed E-state index contributed by atoms with van der Waals surface area (Å²) in [6.07, 6.45) is 4.84. The fourth-order valence-corrected chi connectivity index (χ4v) is 3.26. The lowest BCUT2D eigenvalue weighted by atomic mass is 10.2. The van der Waals surface area contributed by atoms with Gasteiger partial charge in [0.2, 0.25) is 5.89 Å². The third-order valence-corrected chi connectivity index (χ3v) is 4.68. The summed E-state index contributed by atoms with van der Waals surface area (Å²) in [5.74, 6) is -0.288. The first-order valence-corrected chi connectivity index (χ1v) is 8.82. The van der Waals surface area contributed by atoms with Crippen LogP contribution < -0.4 is 0 Å². The van der Waals surface area contributed by atoms with Gasteiger partial charge in [-0.05, 0) is 18.4 Å². The molecule has 0 aromatic carbocycles. The van der Waals surface area contributed by atoms with E-state index in [1.807, 2.05) is 6.26 Å². The van der Waals surface area contributed by atoms with E-state index in [9.17, 15) is 4.79 Å². The number of halogens is 1. The first-order valence-electron chi connectivity index (χ1n) is 6.40. The predicted molar refractivity (Wildman–Crippen MR) is 89.0 cm³/mol. The van der Waals surface area contributed by atoms with Crippen LogP contribution in [0.3, 0.4) is 0 Å². The topological polar surface area (TPSA) is 89.1 Å². The number of carbonyl (C=O) groups is 1. The summed E-state index contributed by atoms with van der Waals surface area (Å²) in [6.45, 7) is 0. The molecular weight excluding hydrogens is 358 g/mol. The minimum atomic E-state index is -0.984. The minimum absolute atomic E-state index is 0.238. The van der Waals surface area contributed by atoms with Crippen molar-refractivity contribution in [2.75, 3.05) is 6.26 Å². The second kappa shape index (κ2) is 6.69. The maximum absolute atomic E-state index is 11.1. The van der Waals surface area contributed by atoms with Crippen molar-refractivity contribution in [1.29, 1.82) is 0 Å². The van der Waals surface area contributed by atoms with Crippen LogP contribution in [0.5, 0.6) is 0 Å². The van der Waals surface area contributed by atoms with Crippen LogP contribution in [0, 0.1) is 0 Å². The molecule has 0 amide bonds. The van der Waals surface area contributed by atoms with E-state index in [0.29, 0.717) is 26.5 Å². The third-order valence-electron chi connectivity index (χ3n) is 2.87. The van der Waals surface area contributed by atoms with Crippen LogP contribution in [0.25, 0.3) is 22.1 Å². The molecule has 1 N–H and O–H groups in total. The van der Waals surface area contributed by atoms with Gasteiger partial charge < -0.3 is 9.52 Å². The van der Waals surface area contributed by atoms with Crippen molar-refractivity contribution in [1.82, 2.24) is 15.0 Å². The second-order valence-corrected chi connectivity index (χ2v) is 6.92. The summed E-state index contributed by atoms with van der Waals surface area (Å²) in [5, 5.41) is 9.70. The Morgan fingerprint density at radius 2 is 2.13 bits per heavy atom. The molecule has 3 rings (SSSR count). The zero-order valence-corrected chi connectivity index (χ0v) is 14.2. The fourth-order valence-electron chi connectivity index (χ4n) is 1.90. The Kier molecular flexibility index (Phi) is 4.65. The maximum atomic E-state index is 11.1. The van der Waals surface area contributed by atoms with Gasteiger partial charge in [-0.1, -0.05) is 23.4 Å². The lowest BCUT2D eigenvalue weighted by Crippen LogP contribution is -2.01. The molecule has 0 aliphatic rings. The summed E-state index contributed by atoms with van der Waals surface area (Å²) in [4.78, 5) is 24.4. The van der Waals surface area contributed by atoms with Gasteiger partial charge in [-0.25, -0.2) is 15.0 Å². The van der Waals surface area contributed by atoms with E-state index >= 15 is 0 Å². The molecule has 3 aromatic rings. The molecule has 0 aliphatic heterocycles. The minimum Gasteiger partial charge on any atom is -0.481 e. The molecule has 0 saturated carbocycles. The van der Waals surface area contributed by atoms with Crippen LogP contribution in [0.4, 0.5) is 0 Å². The largest absolute Gasteiger partial charge is 0.481 e. The van der Waals surface area contributed by atoms with Crippen molar-refractivity contribution >= 4 is 40.7 Å². The highest BCUT2D eigenvalue weighted by molar-refractivity contribution is 7.98. The molecule has 9 heteroatoms. The quantitative estimate of drug-likeness (QED) is 0.540. The number of thioether (sulfide) groups is 1. The molecular formula is C14H10ClN3O3S2. The Bertz CT molecular complexity index is 845. The zero-order chi connectivity index (χ0) is 16.4. The van der Waals surface area contributed by atoms with Gasteiger partial charge in [-0.3, -0.25) is 4.79 Å². The van der Waals surface area contributed by atoms with E-state index in [4.69, 9.17) is 21.1 Å². The van der Waals surface area contributed by atoms with Gasteiger partial charge in [0.15, 0.2) is 10.9 Å². The Balaban J connectivity index is 2.04. The van der Waals surface area contributed by atoms with Gasteiger partial charge in [0.05, 0.1) is 26.9 Å². The molecule has 0 atom stereocenters. The number of hydrogen-bond donors (Lipinski definition) is 1. The highest BCUT2D eigenvalue weighted by Gasteiger charge is 2.20. The van der Waals surface area contributed by atoms with Gasteiger partial charge in [0.25, 0.3) is 0 Å². The molecule has 0 radical (unpaired) electrons. The number of aliphatic carboxylic acids is 1. The lowest BCUT2D eigenvalue weighted by molar-refractivity contribution is -0.136. The molecule has 0 bridgehead atoms. The first-order chi connectivity index (χ1) is 11.1. The van der Waals surface area contributed by atoms with Crippen LogP contribution in [0.2, 0.25) is 4.34 Å². The molecule has 0 spiro atoms. The summed E-state index contributed by atoms with van der Waals surface area (Å²) in [7, 11) is 0. The monoisotopic (exact) mass is 367 g/mol. The molecule has 3 heterocycles. The molecule has 118 valence electrons. The summed E-state index contributed by atoms with van der Waals surface area (Å²) in [5.41, 5.74) is 0.934. The molecule has 3 aromatic heterocycles. The van der Waals surface area contributed by atoms with Gasteiger partial charge >= 0.3 is 5.97 Å². The zero-order valence-electron chi connectivity index (χ0n) is 11.8. The Hall–Kier alpha value is -1.90. The van der Waals surface area contributed by atoms with E-state index in [-0.39, 0.29) is 12.3 Å². The SMILES string of the molecule is CSc1ncc(-c2nc(CC(=O)O)c(-c3ccc(Cl)s3)o2)cn1. The van der Waals surface area contributed by atoms with Crippen molar-refractivity contribution in [3.8, 4) is 22.1 Å². The average molecular weight is 368 g/mol. The number of hydrogen-bond acceptors (Lipinski definition) is 7. The van der Waals surface area contributed by atoms with Crippen molar-refractivity contribution in [2.24, 2.45) is 0 Å². The van der Waals surface area contributed by atoms with E-state index < -0.39 is 5.97 Å². The number of carboxylic acid groups (broad SMARTS) is 1. The number of oxazole rings is 1. The van der Waals surface area contributed by atoms with Crippen LogP contribution in [-0.4, -0.2) is 32.3 Å². The van der Waals surface area contributed by atoms with Crippen molar-refractivity contribution in [2.45, 2.75) is 11.6 Å². The standard InChI is InChI=1S/C14H10ClN3O3S2/c1-22-14-16-5-7(6-17-14)13-18-8(4-11(19)20)12(21-13)9-2-3-10(15)23-9/h2-3,5-6H,4H2,1H3,(H,19,20).